The molecule has 0 unspecified atom stereocenters. The van der Waals surface area contributed by atoms with Gasteiger partial charge in [0.25, 0.3) is 5.89 Å². The maximum atomic E-state index is 11.3. The molecule has 8 heteroatoms. The van der Waals surface area contributed by atoms with E-state index in [2.05, 4.69) is 39.3 Å². The highest BCUT2D eigenvalue weighted by molar-refractivity contribution is 5.70. The fourth-order valence-electron chi connectivity index (χ4n) is 4.78. The van der Waals surface area contributed by atoms with Gasteiger partial charge >= 0.3 is 5.97 Å². The normalized spacial score (nSPS) is 16.3. The van der Waals surface area contributed by atoms with Crippen molar-refractivity contribution < 1.29 is 18.9 Å². The summed E-state index contributed by atoms with van der Waals surface area (Å²) in [5.41, 5.74) is 4.58. The van der Waals surface area contributed by atoms with Gasteiger partial charge in [0.2, 0.25) is 5.82 Å². The number of likely N-dealkylation sites (tertiary alicyclic amines) is 1. The van der Waals surface area contributed by atoms with Gasteiger partial charge in [-0.1, -0.05) is 78.3 Å². The van der Waals surface area contributed by atoms with Crippen molar-refractivity contribution >= 4 is 5.97 Å². The van der Waals surface area contributed by atoms with Gasteiger partial charge in [-0.3, -0.25) is 4.79 Å². The first-order valence-electron chi connectivity index (χ1n) is 12.5. The molecule has 1 aliphatic rings. The summed E-state index contributed by atoms with van der Waals surface area (Å²) >= 11 is 0. The van der Waals surface area contributed by atoms with Crippen molar-refractivity contribution in [3.63, 3.8) is 0 Å². The van der Waals surface area contributed by atoms with E-state index in [0.717, 1.165) is 67.6 Å². The summed E-state index contributed by atoms with van der Waals surface area (Å²) < 4.78 is 11.3. The van der Waals surface area contributed by atoms with Gasteiger partial charge in [-0.2, -0.15) is 4.98 Å². The zero-order valence-electron chi connectivity index (χ0n) is 20.4. The standard InChI is InChI=1S/C28H30N4O4/c1-2-7-23-24(30-35-25(23)20-8-4-3-5-9-20)27-29-26(31-36-27)21-13-11-19(12-14-21)15-17-32-16-6-10-22(18-32)28(33)34/h3-5,8-9,11-14,22H,2,6-7,10,15-18H2,1H3,(H,33,34)/t22-/m0/s1. The van der Waals surface area contributed by atoms with Crippen molar-refractivity contribution in [3.8, 4) is 34.3 Å². The predicted octanol–water partition coefficient (Wildman–Crippen LogP) is 5.35. The summed E-state index contributed by atoms with van der Waals surface area (Å²) in [4.78, 5) is 18.2. The molecule has 1 saturated heterocycles. The van der Waals surface area contributed by atoms with E-state index in [-0.39, 0.29) is 5.92 Å². The van der Waals surface area contributed by atoms with E-state index >= 15 is 0 Å². The first-order valence-corrected chi connectivity index (χ1v) is 12.5. The van der Waals surface area contributed by atoms with Gasteiger partial charge in [-0.25, -0.2) is 0 Å². The largest absolute Gasteiger partial charge is 0.481 e. The summed E-state index contributed by atoms with van der Waals surface area (Å²) in [6.45, 7) is 4.56. The second-order valence-corrected chi connectivity index (χ2v) is 9.30. The maximum Gasteiger partial charge on any atom is 0.307 e. The van der Waals surface area contributed by atoms with E-state index in [9.17, 15) is 9.90 Å². The number of carbonyl (C=O) groups is 1. The average Bonchev–Trinajstić information content (AvgIpc) is 3.56. The minimum absolute atomic E-state index is 0.250. The van der Waals surface area contributed by atoms with Crippen LogP contribution in [0.1, 0.15) is 37.3 Å². The quantitative estimate of drug-likeness (QED) is 0.337. The molecule has 0 saturated carbocycles. The Morgan fingerprint density at radius 3 is 2.58 bits per heavy atom. The summed E-state index contributed by atoms with van der Waals surface area (Å²) in [6, 6.07) is 18.0. The molecule has 186 valence electrons. The fraction of sp³-hybridized carbons (Fsp3) is 0.357. The number of aromatic nitrogens is 3. The summed E-state index contributed by atoms with van der Waals surface area (Å²) in [6.07, 6.45) is 4.31. The number of carboxylic acid groups (broad SMARTS) is 1. The smallest absolute Gasteiger partial charge is 0.307 e. The molecule has 1 aliphatic heterocycles. The van der Waals surface area contributed by atoms with E-state index in [4.69, 9.17) is 9.05 Å². The lowest BCUT2D eigenvalue weighted by Gasteiger charge is -2.30. The molecule has 36 heavy (non-hydrogen) atoms. The van der Waals surface area contributed by atoms with Crippen molar-refractivity contribution in [1.82, 2.24) is 20.2 Å². The van der Waals surface area contributed by atoms with Crippen LogP contribution in [-0.4, -0.2) is 50.9 Å². The Bertz CT molecular complexity index is 1300. The number of piperidine rings is 1. The molecule has 0 bridgehead atoms. The lowest BCUT2D eigenvalue weighted by Crippen LogP contribution is -2.39. The van der Waals surface area contributed by atoms with E-state index < -0.39 is 5.97 Å². The molecule has 2 aromatic carbocycles. The SMILES string of the molecule is CCCc1c(-c2nc(-c3ccc(CCN4CCC[C@H](C(=O)O)C4)cc3)no2)noc1-c1ccccc1. The van der Waals surface area contributed by atoms with Crippen LogP contribution in [0.15, 0.2) is 63.6 Å². The molecule has 0 aliphatic carbocycles. The Kier molecular flexibility index (Phi) is 7.23. The number of hydrogen-bond acceptors (Lipinski definition) is 7. The Morgan fingerprint density at radius 2 is 1.83 bits per heavy atom. The van der Waals surface area contributed by atoms with Crippen molar-refractivity contribution in [3.05, 3.63) is 65.7 Å². The zero-order valence-corrected chi connectivity index (χ0v) is 20.4. The van der Waals surface area contributed by atoms with Crippen LogP contribution in [0.5, 0.6) is 0 Å². The Hall–Kier alpha value is -3.78. The first kappa shape index (κ1) is 23.9. The summed E-state index contributed by atoms with van der Waals surface area (Å²) in [5.74, 6) is 0.650. The molecule has 2 aromatic heterocycles. The molecule has 0 spiro atoms. The highest BCUT2D eigenvalue weighted by atomic mass is 16.5. The molecule has 8 nitrogen and oxygen atoms in total. The van der Waals surface area contributed by atoms with Gasteiger partial charge in [-0.15, -0.1) is 0 Å². The molecule has 1 atom stereocenters. The topological polar surface area (TPSA) is 105 Å². The van der Waals surface area contributed by atoms with Crippen LogP contribution < -0.4 is 0 Å². The lowest BCUT2D eigenvalue weighted by atomic mass is 9.98. The molecule has 0 radical (unpaired) electrons. The van der Waals surface area contributed by atoms with Crippen LogP contribution in [0.4, 0.5) is 0 Å². The third-order valence-electron chi connectivity index (χ3n) is 6.74. The second kappa shape index (κ2) is 10.9. The number of hydrogen-bond donors (Lipinski definition) is 1. The van der Waals surface area contributed by atoms with Crippen LogP contribution in [0.3, 0.4) is 0 Å². The zero-order chi connectivity index (χ0) is 24.9. The van der Waals surface area contributed by atoms with Gasteiger partial charge in [0, 0.05) is 29.8 Å². The molecule has 0 amide bonds. The van der Waals surface area contributed by atoms with E-state index in [0.29, 0.717) is 24.0 Å². The Morgan fingerprint density at radius 1 is 1.03 bits per heavy atom. The number of aliphatic carboxylic acids is 1. The Labute approximate surface area is 209 Å². The van der Waals surface area contributed by atoms with Crippen molar-refractivity contribution in [2.75, 3.05) is 19.6 Å². The molecule has 4 aromatic rings. The summed E-state index contributed by atoms with van der Waals surface area (Å²) in [7, 11) is 0. The first-order chi connectivity index (χ1) is 17.6. The summed E-state index contributed by atoms with van der Waals surface area (Å²) in [5, 5.41) is 17.8. The minimum atomic E-state index is -0.688. The fourth-order valence-corrected chi connectivity index (χ4v) is 4.78. The van der Waals surface area contributed by atoms with E-state index in [1.165, 1.54) is 5.56 Å². The third kappa shape index (κ3) is 5.23. The number of rotatable bonds is 9. The lowest BCUT2D eigenvalue weighted by molar-refractivity contribution is -0.143. The van der Waals surface area contributed by atoms with Gasteiger partial charge in [0.05, 0.1) is 5.92 Å². The molecule has 5 rings (SSSR count). The highest BCUT2D eigenvalue weighted by Crippen LogP contribution is 2.33. The van der Waals surface area contributed by atoms with Gasteiger partial charge in [-0.05, 0) is 37.8 Å². The average molecular weight is 487 g/mol. The predicted molar refractivity (Wildman–Crippen MR) is 135 cm³/mol. The van der Waals surface area contributed by atoms with Crippen LogP contribution in [0.25, 0.3) is 34.3 Å². The molecule has 1 fully saturated rings. The van der Waals surface area contributed by atoms with Crippen molar-refractivity contribution in [2.24, 2.45) is 5.92 Å². The van der Waals surface area contributed by atoms with E-state index in [1.54, 1.807) is 0 Å². The van der Waals surface area contributed by atoms with Gasteiger partial charge in [0.15, 0.2) is 11.5 Å². The molecule has 3 heterocycles. The van der Waals surface area contributed by atoms with E-state index in [1.807, 2.05) is 42.5 Å². The Balaban J connectivity index is 1.28. The van der Waals surface area contributed by atoms with Crippen LogP contribution >= 0.6 is 0 Å². The van der Waals surface area contributed by atoms with Crippen molar-refractivity contribution in [2.45, 2.75) is 39.0 Å². The number of nitrogens with zero attached hydrogens (tertiary/aromatic N) is 4. The van der Waals surface area contributed by atoms with Gasteiger partial charge < -0.3 is 19.1 Å². The van der Waals surface area contributed by atoms with Crippen LogP contribution in [-0.2, 0) is 17.6 Å². The number of carboxylic acids is 1. The second-order valence-electron chi connectivity index (χ2n) is 9.30. The monoisotopic (exact) mass is 486 g/mol. The molecule has 1 N–H and O–H groups in total. The number of benzene rings is 2. The van der Waals surface area contributed by atoms with Gasteiger partial charge in [0.1, 0.15) is 0 Å². The molecular formula is C28H30N4O4. The third-order valence-corrected chi connectivity index (χ3v) is 6.74. The highest BCUT2D eigenvalue weighted by Gasteiger charge is 2.25. The van der Waals surface area contributed by atoms with Crippen LogP contribution in [0, 0.1) is 5.92 Å². The minimum Gasteiger partial charge on any atom is -0.481 e. The van der Waals surface area contributed by atoms with Crippen LogP contribution in [0.2, 0.25) is 0 Å². The van der Waals surface area contributed by atoms with Crippen molar-refractivity contribution in [1.29, 1.82) is 0 Å². The molecular weight excluding hydrogens is 456 g/mol. The maximum absolute atomic E-state index is 11.3.